The molecule has 0 spiro atoms. The van der Waals surface area contributed by atoms with E-state index in [1.165, 1.54) is 0 Å². The quantitative estimate of drug-likeness (QED) is 0.754. The van der Waals surface area contributed by atoms with E-state index in [-0.39, 0.29) is 0 Å². The summed E-state index contributed by atoms with van der Waals surface area (Å²) in [5, 5.41) is 0. The number of nitrogens with one attached hydrogen (secondary N) is 2. The molecule has 0 radical (unpaired) electrons. The second-order valence-electron chi connectivity index (χ2n) is 6.34. The highest BCUT2D eigenvalue weighted by Gasteiger charge is 2.21. The van der Waals surface area contributed by atoms with Crippen molar-refractivity contribution in [3.63, 3.8) is 0 Å². The first-order chi connectivity index (χ1) is 12.2. The second-order valence-corrected chi connectivity index (χ2v) is 7.48. The lowest BCUT2D eigenvalue weighted by Crippen LogP contribution is -2.43. The van der Waals surface area contributed by atoms with Crippen molar-refractivity contribution in [2.45, 2.75) is 18.9 Å². The van der Waals surface area contributed by atoms with Crippen molar-refractivity contribution >= 4 is 27.8 Å². The van der Waals surface area contributed by atoms with Crippen LogP contribution in [0.25, 0.3) is 22.4 Å². The summed E-state index contributed by atoms with van der Waals surface area (Å²) in [5.41, 5.74) is 3.04. The number of aromatic amines is 1. The van der Waals surface area contributed by atoms with Crippen LogP contribution in [0.5, 0.6) is 0 Å². The zero-order valence-electron chi connectivity index (χ0n) is 14.1. The molecule has 3 heterocycles. The van der Waals surface area contributed by atoms with Crippen LogP contribution in [0, 0.1) is 0 Å². The van der Waals surface area contributed by atoms with E-state index >= 15 is 0 Å². The Bertz CT molecular complexity index is 868. The lowest BCUT2D eigenvalue weighted by Gasteiger charge is -2.32. The lowest BCUT2D eigenvalue weighted by atomic mass is 10.1. The number of fused-ring (bicyclic) bond motifs is 1. The van der Waals surface area contributed by atoms with Gasteiger partial charge in [0.15, 0.2) is 0 Å². The average Bonchev–Trinajstić information content (AvgIpc) is 3.06. The summed E-state index contributed by atoms with van der Waals surface area (Å²) in [6.45, 7) is 1.82. The number of nitrogens with zero attached hydrogens (tertiary/aromatic N) is 3. The van der Waals surface area contributed by atoms with Gasteiger partial charge in [-0.05, 0) is 37.1 Å². The topological polar surface area (TPSA) is 73.9 Å². The zero-order valence-corrected chi connectivity index (χ0v) is 14.9. The van der Waals surface area contributed by atoms with Crippen molar-refractivity contribution in [1.82, 2.24) is 19.7 Å². The number of pyridine rings is 1. The molecular formula is C18H21N5OS. The molecule has 1 unspecified atom stereocenters. The standard InChI is InChI=1S/C18H21N5OS/c1-25(24)22-14-7-10-23(11-8-14)17-12-13(6-9-19-17)18-20-15-4-2-3-5-16(15)21-18/h2-6,9,12,14,22H,7-8,10-11H2,1H3,(H,20,21). The molecule has 2 aromatic heterocycles. The molecule has 1 aliphatic heterocycles. The molecule has 0 saturated carbocycles. The highest BCUT2D eigenvalue weighted by atomic mass is 32.2. The summed E-state index contributed by atoms with van der Waals surface area (Å²) in [6.07, 6.45) is 5.46. The first kappa shape index (κ1) is 16.2. The molecule has 2 N–H and O–H groups in total. The van der Waals surface area contributed by atoms with Crippen molar-refractivity contribution in [3.05, 3.63) is 42.6 Å². The maximum Gasteiger partial charge on any atom is 0.138 e. The summed E-state index contributed by atoms with van der Waals surface area (Å²) in [5.74, 6) is 1.83. The van der Waals surface area contributed by atoms with E-state index in [0.717, 1.165) is 54.2 Å². The van der Waals surface area contributed by atoms with Crippen LogP contribution in [-0.2, 0) is 11.0 Å². The Morgan fingerprint density at radius 1 is 1.24 bits per heavy atom. The molecule has 1 fully saturated rings. The summed E-state index contributed by atoms with van der Waals surface area (Å²) < 4.78 is 14.4. The number of hydrogen-bond acceptors (Lipinski definition) is 4. The van der Waals surface area contributed by atoms with Crippen molar-refractivity contribution in [2.75, 3.05) is 24.2 Å². The van der Waals surface area contributed by atoms with Crippen LogP contribution in [0.3, 0.4) is 0 Å². The molecule has 25 heavy (non-hydrogen) atoms. The van der Waals surface area contributed by atoms with E-state index < -0.39 is 11.0 Å². The predicted molar refractivity (Wildman–Crippen MR) is 102 cm³/mol. The molecule has 6 nitrogen and oxygen atoms in total. The van der Waals surface area contributed by atoms with Gasteiger partial charge in [-0.25, -0.2) is 18.9 Å². The number of anilines is 1. The van der Waals surface area contributed by atoms with E-state index in [1.807, 2.05) is 36.5 Å². The van der Waals surface area contributed by atoms with Crippen molar-refractivity contribution in [2.24, 2.45) is 0 Å². The minimum absolute atomic E-state index is 0.320. The van der Waals surface area contributed by atoms with Crippen molar-refractivity contribution < 1.29 is 4.21 Å². The molecular weight excluding hydrogens is 334 g/mol. The lowest BCUT2D eigenvalue weighted by molar-refractivity contribution is 0.471. The fourth-order valence-corrected chi connectivity index (χ4v) is 3.99. The number of rotatable bonds is 4. The fourth-order valence-electron chi connectivity index (χ4n) is 3.29. The minimum atomic E-state index is -0.952. The first-order valence-electron chi connectivity index (χ1n) is 8.45. The number of aromatic nitrogens is 3. The molecule has 0 bridgehead atoms. The van der Waals surface area contributed by atoms with Gasteiger partial charge in [0, 0.05) is 37.1 Å². The normalized spacial score (nSPS) is 17.1. The number of piperidine rings is 1. The van der Waals surface area contributed by atoms with Crippen LogP contribution in [0.15, 0.2) is 42.6 Å². The maximum atomic E-state index is 11.3. The van der Waals surface area contributed by atoms with Gasteiger partial charge in [-0.1, -0.05) is 12.1 Å². The molecule has 7 heteroatoms. The van der Waals surface area contributed by atoms with Gasteiger partial charge in [0.2, 0.25) is 0 Å². The van der Waals surface area contributed by atoms with Crippen LogP contribution in [0.4, 0.5) is 5.82 Å². The number of para-hydroxylation sites is 2. The Hall–Kier alpha value is -2.25. The SMILES string of the molecule is CS(=O)NC1CCN(c2cc(-c3nc4ccccc4[nH]3)ccn2)CC1. The van der Waals surface area contributed by atoms with Gasteiger partial charge < -0.3 is 9.88 Å². The smallest absolute Gasteiger partial charge is 0.138 e. The van der Waals surface area contributed by atoms with Crippen molar-refractivity contribution in [3.8, 4) is 11.4 Å². The van der Waals surface area contributed by atoms with E-state index in [1.54, 1.807) is 6.26 Å². The average molecular weight is 355 g/mol. The predicted octanol–water partition coefficient (Wildman–Crippen LogP) is 2.48. The molecule has 130 valence electrons. The Labute approximate surface area is 149 Å². The Balaban J connectivity index is 1.53. The summed E-state index contributed by atoms with van der Waals surface area (Å²) in [7, 11) is -0.952. The summed E-state index contributed by atoms with van der Waals surface area (Å²) in [4.78, 5) is 14.9. The molecule has 1 atom stereocenters. The molecule has 0 amide bonds. The van der Waals surface area contributed by atoms with E-state index in [4.69, 9.17) is 0 Å². The monoisotopic (exact) mass is 355 g/mol. The third-order valence-corrected chi connectivity index (χ3v) is 5.23. The highest BCUT2D eigenvalue weighted by Crippen LogP contribution is 2.25. The molecule has 3 aromatic rings. The van der Waals surface area contributed by atoms with E-state index in [0.29, 0.717) is 6.04 Å². The number of imidazole rings is 1. The molecule has 1 aliphatic rings. The maximum absolute atomic E-state index is 11.3. The van der Waals surface area contributed by atoms with Gasteiger partial charge in [0.25, 0.3) is 0 Å². The summed E-state index contributed by atoms with van der Waals surface area (Å²) in [6, 6.07) is 12.4. The number of H-pyrrole nitrogens is 1. The third-order valence-electron chi connectivity index (χ3n) is 4.56. The van der Waals surface area contributed by atoms with E-state index in [2.05, 4.69) is 30.6 Å². The molecule has 0 aliphatic carbocycles. The van der Waals surface area contributed by atoms with Crippen molar-refractivity contribution in [1.29, 1.82) is 0 Å². The van der Waals surface area contributed by atoms with Crippen LogP contribution in [0.2, 0.25) is 0 Å². The van der Waals surface area contributed by atoms with Gasteiger partial charge in [0.1, 0.15) is 11.6 Å². The van der Waals surface area contributed by atoms with Gasteiger partial charge in [-0.15, -0.1) is 0 Å². The third kappa shape index (κ3) is 3.57. The zero-order chi connectivity index (χ0) is 17.2. The number of hydrogen-bond donors (Lipinski definition) is 2. The van der Waals surface area contributed by atoms with E-state index in [9.17, 15) is 4.21 Å². The first-order valence-corrected chi connectivity index (χ1v) is 10.0. The van der Waals surface area contributed by atoms with Gasteiger partial charge in [-0.3, -0.25) is 0 Å². The largest absolute Gasteiger partial charge is 0.356 e. The van der Waals surface area contributed by atoms with Crippen LogP contribution >= 0.6 is 0 Å². The van der Waals surface area contributed by atoms with Crippen LogP contribution in [-0.4, -0.2) is 44.5 Å². The van der Waals surface area contributed by atoms with Crippen LogP contribution < -0.4 is 9.62 Å². The summed E-state index contributed by atoms with van der Waals surface area (Å²) >= 11 is 0. The van der Waals surface area contributed by atoms with Crippen LogP contribution in [0.1, 0.15) is 12.8 Å². The molecule has 4 rings (SSSR count). The minimum Gasteiger partial charge on any atom is -0.356 e. The Morgan fingerprint density at radius 2 is 2.04 bits per heavy atom. The number of benzene rings is 1. The Morgan fingerprint density at radius 3 is 2.80 bits per heavy atom. The Kier molecular flexibility index (Phi) is 4.50. The molecule has 1 saturated heterocycles. The second kappa shape index (κ2) is 6.93. The molecule has 1 aromatic carbocycles. The van der Waals surface area contributed by atoms with Gasteiger partial charge >= 0.3 is 0 Å². The fraction of sp³-hybridized carbons (Fsp3) is 0.333. The highest BCUT2D eigenvalue weighted by molar-refractivity contribution is 7.82. The van der Waals surface area contributed by atoms with Gasteiger partial charge in [0.05, 0.1) is 22.0 Å². The van der Waals surface area contributed by atoms with Gasteiger partial charge in [-0.2, -0.15) is 0 Å².